The first-order chi connectivity index (χ1) is 8.86. The largest absolute Gasteiger partial charge is 0.479 e. The van der Waals surface area contributed by atoms with Gasteiger partial charge in [0.05, 0.1) is 28.9 Å². The van der Waals surface area contributed by atoms with E-state index in [4.69, 9.17) is 15.1 Å². The molecule has 0 bridgehead atoms. The molecule has 0 aromatic heterocycles. The molecule has 0 saturated carbocycles. The molecule has 19 heavy (non-hydrogen) atoms. The SMILES string of the molecule is CC(OCCS(=O)(=O)c1cccc(C#N)c1)C(=O)O. The number of carboxylic acid groups (broad SMARTS) is 1. The summed E-state index contributed by atoms with van der Waals surface area (Å²) >= 11 is 0. The van der Waals surface area contributed by atoms with Crippen molar-refractivity contribution in [3.63, 3.8) is 0 Å². The minimum absolute atomic E-state index is 0.0260. The van der Waals surface area contributed by atoms with Crippen LogP contribution in [-0.4, -0.2) is 38.0 Å². The second kappa shape index (κ2) is 6.31. The Morgan fingerprint density at radius 2 is 2.21 bits per heavy atom. The van der Waals surface area contributed by atoms with E-state index in [1.807, 2.05) is 6.07 Å². The highest BCUT2D eigenvalue weighted by Gasteiger charge is 2.17. The first-order valence-corrected chi connectivity index (χ1v) is 7.09. The molecule has 0 aliphatic rings. The number of hydrogen-bond donors (Lipinski definition) is 1. The van der Waals surface area contributed by atoms with Gasteiger partial charge in [-0.25, -0.2) is 13.2 Å². The Hall–Kier alpha value is -1.91. The molecule has 1 aromatic rings. The van der Waals surface area contributed by atoms with E-state index in [2.05, 4.69) is 0 Å². The number of nitrogens with zero attached hydrogens (tertiary/aromatic N) is 1. The lowest BCUT2D eigenvalue weighted by molar-refractivity contribution is -0.148. The minimum atomic E-state index is -3.58. The first-order valence-electron chi connectivity index (χ1n) is 5.44. The van der Waals surface area contributed by atoms with Crippen molar-refractivity contribution in [3.8, 4) is 6.07 Å². The summed E-state index contributed by atoms with van der Waals surface area (Å²) < 4.78 is 28.7. The summed E-state index contributed by atoms with van der Waals surface area (Å²) in [5.41, 5.74) is 0.251. The van der Waals surface area contributed by atoms with Crippen LogP contribution < -0.4 is 0 Å². The third-order valence-electron chi connectivity index (χ3n) is 2.39. The molecule has 0 aliphatic heterocycles. The fourth-order valence-electron chi connectivity index (χ4n) is 1.28. The number of hydrogen-bond acceptors (Lipinski definition) is 5. The van der Waals surface area contributed by atoms with Crippen LogP contribution in [-0.2, 0) is 19.4 Å². The Bertz CT molecular complexity index is 603. The van der Waals surface area contributed by atoms with Gasteiger partial charge in [0.25, 0.3) is 0 Å². The van der Waals surface area contributed by atoms with Crippen LogP contribution in [0.25, 0.3) is 0 Å². The fraction of sp³-hybridized carbons (Fsp3) is 0.333. The monoisotopic (exact) mass is 283 g/mol. The predicted molar refractivity (Wildman–Crippen MR) is 66.3 cm³/mol. The molecule has 0 amide bonds. The molecular formula is C12H13NO5S. The molecule has 6 nitrogen and oxygen atoms in total. The van der Waals surface area contributed by atoms with Crippen molar-refractivity contribution in [2.75, 3.05) is 12.4 Å². The smallest absolute Gasteiger partial charge is 0.332 e. The van der Waals surface area contributed by atoms with E-state index in [-0.39, 0.29) is 22.8 Å². The van der Waals surface area contributed by atoms with Gasteiger partial charge >= 0.3 is 5.97 Å². The number of nitriles is 1. The lowest BCUT2D eigenvalue weighted by Crippen LogP contribution is -2.23. The highest BCUT2D eigenvalue weighted by atomic mass is 32.2. The summed E-state index contributed by atoms with van der Waals surface area (Å²) in [4.78, 5) is 10.5. The minimum Gasteiger partial charge on any atom is -0.479 e. The van der Waals surface area contributed by atoms with Crippen LogP contribution in [0.5, 0.6) is 0 Å². The van der Waals surface area contributed by atoms with Gasteiger partial charge < -0.3 is 9.84 Å². The van der Waals surface area contributed by atoms with E-state index in [1.54, 1.807) is 0 Å². The standard InChI is InChI=1S/C12H13NO5S/c1-9(12(14)15)18-5-6-19(16,17)11-4-2-3-10(7-11)8-13/h2-4,7,9H,5-6H2,1H3,(H,14,15). The van der Waals surface area contributed by atoms with Crippen molar-refractivity contribution in [2.45, 2.75) is 17.9 Å². The number of ether oxygens (including phenoxy) is 1. The van der Waals surface area contributed by atoms with Gasteiger partial charge in [0, 0.05) is 0 Å². The Morgan fingerprint density at radius 1 is 1.53 bits per heavy atom. The van der Waals surface area contributed by atoms with Crippen molar-refractivity contribution in [3.05, 3.63) is 29.8 Å². The molecule has 1 rings (SSSR count). The Labute approximate surface area is 111 Å². The van der Waals surface area contributed by atoms with Crippen LogP contribution in [0, 0.1) is 11.3 Å². The number of carboxylic acids is 1. The van der Waals surface area contributed by atoms with Gasteiger partial charge in [-0.1, -0.05) is 6.07 Å². The normalized spacial score (nSPS) is 12.6. The second-order valence-corrected chi connectivity index (χ2v) is 5.92. The highest BCUT2D eigenvalue weighted by molar-refractivity contribution is 7.91. The summed E-state index contributed by atoms with van der Waals surface area (Å²) in [7, 11) is -3.58. The van der Waals surface area contributed by atoms with Crippen molar-refractivity contribution in [1.29, 1.82) is 5.26 Å². The van der Waals surface area contributed by atoms with E-state index >= 15 is 0 Å². The van der Waals surface area contributed by atoms with E-state index in [1.165, 1.54) is 31.2 Å². The van der Waals surface area contributed by atoms with Crippen molar-refractivity contribution in [1.82, 2.24) is 0 Å². The van der Waals surface area contributed by atoms with E-state index < -0.39 is 21.9 Å². The molecule has 1 aromatic carbocycles. The van der Waals surface area contributed by atoms with Gasteiger partial charge in [-0.05, 0) is 25.1 Å². The topological polar surface area (TPSA) is 104 Å². The molecule has 1 N–H and O–H groups in total. The quantitative estimate of drug-likeness (QED) is 0.828. The van der Waals surface area contributed by atoms with Gasteiger partial charge in [0.2, 0.25) is 0 Å². The number of carbonyl (C=O) groups is 1. The Morgan fingerprint density at radius 3 is 2.79 bits per heavy atom. The summed E-state index contributed by atoms with van der Waals surface area (Å²) in [6.07, 6.45) is -1.05. The fourth-order valence-corrected chi connectivity index (χ4v) is 2.43. The van der Waals surface area contributed by atoms with Gasteiger partial charge in [-0.2, -0.15) is 5.26 Å². The van der Waals surface area contributed by atoms with Crippen LogP contribution in [0.3, 0.4) is 0 Å². The average molecular weight is 283 g/mol. The zero-order valence-corrected chi connectivity index (χ0v) is 11.1. The molecule has 0 radical (unpaired) electrons. The molecule has 0 spiro atoms. The molecule has 102 valence electrons. The molecule has 1 atom stereocenters. The molecular weight excluding hydrogens is 270 g/mol. The van der Waals surface area contributed by atoms with Crippen molar-refractivity contribution < 1.29 is 23.1 Å². The summed E-state index contributed by atoms with van der Waals surface area (Å²) in [6, 6.07) is 7.50. The van der Waals surface area contributed by atoms with E-state index in [9.17, 15) is 13.2 Å². The lowest BCUT2D eigenvalue weighted by Gasteiger charge is -2.09. The third kappa shape index (κ3) is 4.35. The Kier molecular flexibility index (Phi) is 5.03. The zero-order chi connectivity index (χ0) is 14.5. The first kappa shape index (κ1) is 15.1. The van der Waals surface area contributed by atoms with Crippen LogP contribution in [0.1, 0.15) is 12.5 Å². The molecule has 0 fully saturated rings. The average Bonchev–Trinajstić information content (AvgIpc) is 2.38. The molecule has 1 unspecified atom stereocenters. The molecule has 7 heteroatoms. The maximum Gasteiger partial charge on any atom is 0.332 e. The van der Waals surface area contributed by atoms with Crippen LogP contribution in [0.15, 0.2) is 29.2 Å². The van der Waals surface area contributed by atoms with Gasteiger partial charge in [0.15, 0.2) is 15.9 Å². The van der Waals surface area contributed by atoms with Gasteiger partial charge in [0.1, 0.15) is 0 Å². The van der Waals surface area contributed by atoms with Crippen LogP contribution in [0.4, 0.5) is 0 Å². The van der Waals surface area contributed by atoms with Gasteiger partial charge in [-0.15, -0.1) is 0 Å². The molecule has 0 saturated heterocycles. The molecule has 0 aliphatic carbocycles. The van der Waals surface area contributed by atoms with Crippen LogP contribution >= 0.6 is 0 Å². The zero-order valence-electron chi connectivity index (χ0n) is 10.2. The Balaban J connectivity index is 2.71. The highest BCUT2D eigenvalue weighted by Crippen LogP contribution is 2.13. The van der Waals surface area contributed by atoms with E-state index in [0.29, 0.717) is 0 Å². The lowest BCUT2D eigenvalue weighted by atomic mass is 10.2. The van der Waals surface area contributed by atoms with E-state index in [0.717, 1.165) is 0 Å². The number of sulfone groups is 1. The van der Waals surface area contributed by atoms with Crippen molar-refractivity contribution >= 4 is 15.8 Å². The van der Waals surface area contributed by atoms with Gasteiger partial charge in [-0.3, -0.25) is 0 Å². The number of rotatable bonds is 6. The number of benzene rings is 1. The predicted octanol–water partition coefficient (Wildman–Crippen LogP) is 0.822. The van der Waals surface area contributed by atoms with Crippen LogP contribution in [0.2, 0.25) is 0 Å². The molecule has 0 heterocycles. The number of aliphatic carboxylic acids is 1. The maximum absolute atomic E-state index is 11.9. The third-order valence-corrected chi connectivity index (χ3v) is 4.07. The van der Waals surface area contributed by atoms with Crippen molar-refractivity contribution in [2.24, 2.45) is 0 Å². The summed E-state index contributed by atoms with van der Waals surface area (Å²) in [5.74, 6) is -1.48. The summed E-state index contributed by atoms with van der Waals surface area (Å²) in [6.45, 7) is 1.11. The maximum atomic E-state index is 11.9. The summed E-state index contributed by atoms with van der Waals surface area (Å²) in [5, 5.41) is 17.3. The second-order valence-electron chi connectivity index (χ2n) is 3.81.